The Morgan fingerprint density at radius 2 is 2.03 bits per heavy atom. The summed E-state index contributed by atoms with van der Waals surface area (Å²) in [5, 5.41) is 18.7. The molecule has 1 saturated carbocycles. The number of nitrogens with one attached hydrogen (secondary N) is 1. The molecule has 0 bridgehead atoms. The van der Waals surface area contributed by atoms with Gasteiger partial charge in [-0.25, -0.2) is 4.68 Å². The monoisotopic (exact) mass is 400 g/mol. The number of hydrogen-bond donors (Lipinski definition) is 1. The van der Waals surface area contributed by atoms with Crippen LogP contribution in [-0.2, 0) is 6.54 Å². The Bertz CT molecular complexity index is 1150. The zero-order chi connectivity index (χ0) is 20.3. The highest BCUT2D eigenvalue weighted by molar-refractivity contribution is 5.94. The minimum Gasteiger partial charge on any atom is -0.350 e. The fourth-order valence-corrected chi connectivity index (χ4v) is 3.56. The second-order valence-corrected chi connectivity index (χ2v) is 7.24. The van der Waals surface area contributed by atoms with Gasteiger partial charge in [-0.2, -0.15) is 5.10 Å². The van der Waals surface area contributed by atoms with Crippen LogP contribution in [0.1, 0.15) is 34.8 Å². The molecule has 1 aromatic carbocycles. The molecule has 0 aliphatic heterocycles. The first-order valence-electron chi connectivity index (χ1n) is 9.87. The van der Waals surface area contributed by atoms with E-state index < -0.39 is 0 Å². The van der Waals surface area contributed by atoms with Gasteiger partial charge in [0.15, 0.2) is 0 Å². The van der Waals surface area contributed by atoms with Crippen molar-refractivity contribution in [1.82, 2.24) is 40.3 Å². The third kappa shape index (κ3) is 3.69. The number of benzene rings is 1. The molecule has 0 atom stereocenters. The first kappa shape index (κ1) is 18.2. The van der Waals surface area contributed by atoms with Crippen LogP contribution < -0.4 is 5.32 Å². The zero-order valence-corrected chi connectivity index (χ0v) is 16.2. The zero-order valence-electron chi connectivity index (χ0n) is 16.2. The summed E-state index contributed by atoms with van der Waals surface area (Å²) in [5.41, 5.74) is 4.82. The van der Waals surface area contributed by atoms with Gasteiger partial charge in [0, 0.05) is 41.7 Å². The Labute approximate surface area is 172 Å². The second-order valence-electron chi connectivity index (χ2n) is 7.24. The van der Waals surface area contributed by atoms with Gasteiger partial charge in [-0.3, -0.25) is 14.5 Å². The highest BCUT2D eigenvalue weighted by atomic mass is 16.1. The molecule has 0 unspecified atom stereocenters. The molecule has 0 radical (unpaired) electrons. The lowest BCUT2D eigenvalue weighted by molar-refractivity contribution is 0.0952. The van der Waals surface area contributed by atoms with E-state index in [9.17, 15) is 4.79 Å². The number of carbonyl (C=O) groups is 1. The molecule has 4 aromatic rings. The van der Waals surface area contributed by atoms with Crippen LogP contribution in [-0.4, -0.2) is 47.4 Å². The predicted octanol–water partition coefficient (Wildman–Crippen LogP) is 2.23. The summed E-state index contributed by atoms with van der Waals surface area (Å²) in [6.07, 6.45) is 9.37. The molecule has 0 spiro atoms. The maximum absolute atomic E-state index is 12.6. The lowest BCUT2D eigenvalue weighted by Crippen LogP contribution is -2.28. The van der Waals surface area contributed by atoms with Crippen molar-refractivity contribution in [3.05, 3.63) is 72.6 Å². The van der Waals surface area contributed by atoms with Crippen molar-refractivity contribution in [3.8, 4) is 16.8 Å². The molecule has 9 nitrogen and oxygen atoms in total. The lowest BCUT2D eigenvalue weighted by atomic mass is 10.1. The maximum atomic E-state index is 12.6. The number of aromatic nitrogens is 7. The molecule has 5 rings (SSSR count). The van der Waals surface area contributed by atoms with E-state index in [1.807, 2.05) is 35.1 Å². The number of rotatable bonds is 7. The van der Waals surface area contributed by atoms with Crippen molar-refractivity contribution in [2.75, 3.05) is 6.54 Å². The Kier molecular flexibility index (Phi) is 4.76. The van der Waals surface area contributed by atoms with Gasteiger partial charge >= 0.3 is 0 Å². The lowest BCUT2D eigenvalue weighted by Gasteiger charge is -2.11. The van der Waals surface area contributed by atoms with Crippen molar-refractivity contribution in [2.45, 2.75) is 25.3 Å². The summed E-state index contributed by atoms with van der Waals surface area (Å²) < 4.78 is 3.54. The van der Waals surface area contributed by atoms with Gasteiger partial charge in [0.05, 0.1) is 18.4 Å². The van der Waals surface area contributed by atoms with Crippen LogP contribution in [0.4, 0.5) is 0 Å². The van der Waals surface area contributed by atoms with E-state index in [4.69, 9.17) is 0 Å². The van der Waals surface area contributed by atoms with E-state index in [1.54, 1.807) is 24.5 Å². The molecule has 1 fully saturated rings. The minimum absolute atomic E-state index is 0.139. The number of hydrogen-bond acceptors (Lipinski definition) is 6. The topological polar surface area (TPSA) is 103 Å². The van der Waals surface area contributed by atoms with Gasteiger partial charge in [-0.15, -0.1) is 5.10 Å². The molecule has 3 heterocycles. The van der Waals surface area contributed by atoms with E-state index in [0.29, 0.717) is 24.6 Å². The van der Waals surface area contributed by atoms with Gasteiger partial charge in [-0.1, -0.05) is 6.07 Å². The summed E-state index contributed by atoms with van der Waals surface area (Å²) in [6.45, 7) is 1.11. The number of tetrazole rings is 1. The van der Waals surface area contributed by atoms with E-state index in [-0.39, 0.29) is 5.91 Å². The third-order valence-corrected chi connectivity index (χ3v) is 5.17. The van der Waals surface area contributed by atoms with Crippen LogP contribution in [0.15, 0.2) is 61.3 Å². The van der Waals surface area contributed by atoms with Crippen molar-refractivity contribution in [1.29, 1.82) is 0 Å². The molecular formula is C21H20N8O. The molecule has 1 aliphatic rings. The van der Waals surface area contributed by atoms with E-state index in [1.165, 1.54) is 29.5 Å². The smallest absolute Gasteiger partial charge is 0.251 e. The van der Waals surface area contributed by atoms with E-state index >= 15 is 0 Å². The largest absolute Gasteiger partial charge is 0.350 e. The van der Waals surface area contributed by atoms with Crippen molar-refractivity contribution >= 4 is 5.91 Å². The molecule has 30 heavy (non-hydrogen) atoms. The Morgan fingerprint density at radius 3 is 2.80 bits per heavy atom. The van der Waals surface area contributed by atoms with Crippen molar-refractivity contribution < 1.29 is 4.79 Å². The van der Waals surface area contributed by atoms with Gasteiger partial charge in [0.1, 0.15) is 6.33 Å². The quantitative estimate of drug-likeness (QED) is 0.510. The van der Waals surface area contributed by atoms with Crippen LogP contribution in [0, 0.1) is 0 Å². The minimum atomic E-state index is -0.139. The van der Waals surface area contributed by atoms with Crippen molar-refractivity contribution in [3.63, 3.8) is 0 Å². The first-order chi connectivity index (χ1) is 14.8. The van der Waals surface area contributed by atoms with Gasteiger partial charge in [-0.05, 0) is 59.2 Å². The van der Waals surface area contributed by atoms with Gasteiger partial charge < -0.3 is 5.32 Å². The van der Waals surface area contributed by atoms with Crippen LogP contribution in [0.3, 0.4) is 0 Å². The Morgan fingerprint density at radius 1 is 1.17 bits per heavy atom. The first-order valence-corrected chi connectivity index (χ1v) is 9.87. The maximum Gasteiger partial charge on any atom is 0.251 e. The van der Waals surface area contributed by atoms with Crippen LogP contribution >= 0.6 is 0 Å². The number of amides is 1. The van der Waals surface area contributed by atoms with Gasteiger partial charge in [0.25, 0.3) is 5.91 Å². The summed E-state index contributed by atoms with van der Waals surface area (Å²) in [7, 11) is 0. The summed E-state index contributed by atoms with van der Waals surface area (Å²) in [6, 6.07) is 11.2. The SMILES string of the molecule is O=C(NCCn1ncc(-c2ccncc2)c1C1CC1)c1cccc(-n2cnnn2)c1. The summed E-state index contributed by atoms with van der Waals surface area (Å²) in [5.74, 6) is 0.402. The standard InChI is InChI=1S/C21H20N8O/c30-21(17-2-1-3-18(12-17)29-14-24-26-27-29)23-10-11-28-20(16-4-5-16)19(13-25-28)15-6-8-22-9-7-15/h1-3,6-9,12-14,16H,4-5,10-11H2,(H,23,30). The summed E-state index contributed by atoms with van der Waals surface area (Å²) >= 11 is 0. The molecule has 0 saturated heterocycles. The molecule has 3 aromatic heterocycles. The van der Waals surface area contributed by atoms with Crippen molar-refractivity contribution in [2.24, 2.45) is 0 Å². The molecule has 150 valence electrons. The average Bonchev–Trinajstić information content (AvgIpc) is 3.30. The fourth-order valence-electron chi connectivity index (χ4n) is 3.56. The summed E-state index contributed by atoms with van der Waals surface area (Å²) in [4.78, 5) is 16.7. The molecule has 9 heteroatoms. The van der Waals surface area contributed by atoms with E-state index in [0.717, 1.165) is 16.8 Å². The highest BCUT2D eigenvalue weighted by Crippen LogP contribution is 2.44. The molecular weight excluding hydrogens is 380 g/mol. The fraction of sp³-hybridized carbons (Fsp3) is 0.238. The number of pyridine rings is 1. The van der Waals surface area contributed by atoms with Crippen LogP contribution in [0.5, 0.6) is 0 Å². The Hall–Kier alpha value is -3.88. The second kappa shape index (κ2) is 7.86. The number of nitrogens with zero attached hydrogens (tertiary/aromatic N) is 7. The Balaban J connectivity index is 1.27. The van der Waals surface area contributed by atoms with Gasteiger partial charge in [0.2, 0.25) is 0 Å². The van der Waals surface area contributed by atoms with E-state index in [2.05, 4.69) is 30.9 Å². The van der Waals surface area contributed by atoms with Crippen LogP contribution in [0.2, 0.25) is 0 Å². The third-order valence-electron chi connectivity index (χ3n) is 5.17. The molecule has 1 aliphatic carbocycles. The normalized spacial score (nSPS) is 13.3. The highest BCUT2D eigenvalue weighted by Gasteiger charge is 2.30. The number of carbonyl (C=O) groups excluding carboxylic acids is 1. The predicted molar refractivity (Wildman–Crippen MR) is 109 cm³/mol. The van der Waals surface area contributed by atoms with Crippen LogP contribution in [0.25, 0.3) is 16.8 Å². The molecule has 1 N–H and O–H groups in total. The molecule has 1 amide bonds. The average molecular weight is 400 g/mol.